The van der Waals surface area contributed by atoms with E-state index in [2.05, 4.69) is 15.2 Å². The predicted molar refractivity (Wildman–Crippen MR) is 93.0 cm³/mol. The monoisotopic (exact) mass is 359 g/mol. The average Bonchev–Trinajstić information content (AvgIpc) is 3.01. The first-order valence-electron chi connectivity index (χ1n) is 8.78. The fourth-order valence-corrected chi connectivity index (χ4v) is 3.65. The largest absolute Gasteiger partial charge is 0.351 e. The molecule has 1 saturated heterocycles. The topological polar surface area (TPSA) is 70.4 Å². The molecule has 2 aromatic heterocycles. The van der Waals surface area contributed by atoms with Crippen LogP contribution >= 0.6 is 0 Å². The zero-order valence-electron chi connectivity index (χ0n) is 15.0. The molecule has 1 amide bonds. The van der Waals surface area contributed by atoms with Crippen molar-refractivity contribution in [3.8, 4) is 0 Å². The van der Waals surface area contributed by atoms with Gasteiger partial charge < -0.3 is 14.4 Å². The van der Waals surface area contributed by atoms with E-state index in [1.807, 2.05) is 33.2 Å². The molecule has 0 N–H and O–H groups in total. The number of likely N-dealkylation sites (N-methyl/N-ethyl adjacent to an activating group) is 1. The van der Waals surface area contributed by atoms with Gasteiger partial charge in [-0.15, -0.1) is 10.2 Å². The lowest BCUT2D eigenvalue weighted by Crippen LogP contribution is -2.56. The number of halogens is 1. The molecule has 1 fully saturated rings. The highest BCUT2D eigenvalue weighted by Crippen LogP contribution is 2.20. The smallest absolute Gasteiger partial charge is 0.241 e. The summed E-state index contributed by atoms with van der Waals surface area (Å²) in [7, 11) is 1.94. The zero-order chi connectivity index (χ0) is 18.3. The third-order valence-electron chi connectivity index (χ3n) is 5.21. The molecule has 138 valence electrons. The molecule has 0 saturated carbocycles. The van der Waals surface area contributed by atoms with E-state index in [1.165, 1.54) is 6.07 Å². The molecule has 0 aliphatic carbocycles. The number of hydrogen-bond donors (Lipinski definition) is 0. The van der Waals surface area contributed by atoms with E-state index in [4.69, 9.17) is 0 Å². The minimum atomic E-state index is -0.324. The van der Waals surface area contributed by atoms with E-state index >= 15 is 0 Å². The number of rotatable bonds is 2. The Morgan fingerprint density at radius 3 is 2.73 bits per heavy atom. The third kappa shape index (κ3) is 2.92. The Kier molecular flexibility index (Phi) is 4.31. The van der Waals surface area contributed by atoms with Crippen LogP contribution in [0.15, 0.2) is 18.3 Å². The number of aromatic nitrogens is 4. The molecule has 2 aromatic rings. The molecule has 2 aliphatic rings. The summed E-state index contributed by atoms with van der Waals surface area (Å²) in [5, 5.41) is 8.27. The summed E-state index contributed by atoms with van der Waals surface area (Å²) in [5.41, 5.74) is 0. The number of anilines is 1. The van der Waals surface area contributed by atoms with Crippen LogP contribution in [0.2, 0.25) is 0 Å². The molecular weight excluding hydrogens is 337 g/mol. The van der Waals surface area contributed by atoms with Crippen LogP contribution in [0.1, 0.15) is 11.6 Å². The predicted octanol–water partition coefficient (Wildman–Crippen LogP) is 0.283. The van der Waals surface area contributed by atoms with Crippen molar-refractivity contribution in [2.24, 2.45) is 0 Å². The molecule has 26 heavy (non-hydrogen) atoms. The minimum Gasteiger partial charge on any atom is -0.351 e. The number of piperazine rings is 1. The van der Waals surface area contributed by atoms with Crippen molar-refractivity contribution < 1.29 is 9.18 Å². The Morgan fingerprint density at radius 1 is 1.23 bits per heavy atom. The van der Waals surface area contributed by atoms with Gasteiger partial charge in [0.2, 0.25) is 5.91 Å². The first-order valence-corrected chi connectivity index (χ1v) is 8.78. The first kappa shape index (κ1) is 16.9. The molecule has 8 nitrogen and oxygen atoms in total. The van der Waals surface area contributed by atoms with Crippen LogP contribution < -0.4 is 4.90 Å². The second-order valence-corrected chi connectivity index (χ2v) is 6.83. The molecule has 2 aliphatic heterocycles. The number of hydrogen-bond acceptors (Lipinski definition) is 6. The van der Waals surface area contributed by atoms with Crippen molar-refractivity contribution in [3.05, 3.63) is 35.8 Å². The van der Waals surface area contributed by atoms with Crippen LogP contribution in [0.25, 0.3) is 0 Å². The van der Waals surface area contributed by atoms with E-state index in [0.29, 0.717) is 45.1 Å². The van der Waals surface area contributed by atoms with E-state index in [0.717, 1.165) is 11.6 Å². The molecule has 0 bridgehead atoms. The molecular formula is C17H22FN7O. The number of amides is 1. The lowest BCUT2D eigenvalue weighted by molar-refractivity contribution is -0.138. The fourth-order valence-electron chi connectivity index (χ4n) is 3.65. The number of aryl methyl sites for hydroxylation is 1. The second kappa shape index (κ2) is 6.64. The average molecular weight is 359 g/mol. The summed E-state index contributed by atoms with van der Waals surface area (Å²) >= 11 is 0. The van der Waals surface area contributed by atoms with Gasteiger partial charge in [-0.3, -0.25) is 9.69 Å². The van der Waals surface area contributed by atoms with Gasteiger partial charge in [0.05, 0.1) is 13.1 Å². The van der Waals surface area contributed by atoms with Gasteiger partial charge in [-0.05, 0) is 26.1 Å². The number of fused-ring (bicyclic) bond motifs is 1. The van der Waals surface area contributed by atoms with Gasteiger partial charge >= 0.3 is 0 Å². The molecule has 1 atom stereocenters. The van der Waals surface area contributed by atoms with Crippen LogP contribution in [0, 0.1) is 12.7 Å². The van der Waals surface area contributed by atoms with Crippen molar-refractivity contribution >= 4 is 11.7 Å². The second-order valence-electron chi connectivity index (χ2n) is 6.83. The summed E-state index contributed by atoms with van der Waals surface area (Å²) in [4.78, 5) is 22.9. The first-order chi connectivity index (χ1) is 12.5. The van der Waals surface area contributed by atoms with Gasteiger partial charge in [-0.2, -0.15) is 0 Å². The van der Waals surface area contributed by atoms with Gasteiger partial charge in [0.1, 0.15) is 17.7 Å². The number of carbonyl (C=O) groups is 1. The Morgan fingerprint density at radius 2 is 2.00 bits per heavy atom. The summed E-state index contributed by atoms with van der Waals surface area (Å²) in [6.45, 7) is 5.36. The minimum absolute atomic E-state index is 0.104. The van der Waals surface area contributed by atoms with Crippen molar-refractivity contribution in [2.75, 3.05) is 38.1 Å². The SMILES string of the molecule is Cc1nnc2n1CC(C(=O)N1CCN(c3ncccc3F)CC1)N(C)C2. The highest BCUT2D eigenvalue weighted by Gasteiger charge is 2.35. The molecule has 1 unspecified atom stereocenters. The van der Waals surface area contributed by atoms with Gasteiger partial charge in [0.15, 0.2) is 11.6 Å². The molecule has 0 spiro atoms. The standard InChI is InChI=1S/C17H22FN7O/c1-12-20-21-15-11-22(2)14(10-25(12)15)17(26)24-8-6-23(7-9-24)16-13(18)4-3-5-19-16/h3-5,14H,6-11H2,1-2H3. The summed E-state index contributed by atoms with van der Waals surface area (Å²) in [6, 6.07) is 2.77. The summed E-state index contributed by atoms with van der Waals surface area (Å²) in [5.74, 6) is 1.87. The van der Waals surface area contributed by atoms with Gasteiger partial charge in [0, 0.05) is 32.4 Å². The maximum absolute atomic E-state index is 13.9. The lowest BCUT2D eigenvalue weighted by Gasteiger charge is -2.40. The van der Waals surface area contributed by atoms with Crippen LogP contribution in [0.4, 0.5) is 10.2 Å². The maximum atomic E-state index is 13.9. The normalized spacial score (nSPS) is 21.0. The fraction of sp³-hybridized carbons (Fsp3) is 0.529. The van der Waals surface area contributed by atoms with Gasteiger partial charge in [-0.1, -0.05) is 0 Å². The van der Waals surface area contributed by atoms with E-state index in [1.54, 1.807) is 12.3 Å². The van der Waals surface area contributed by atoms with Crippen molar-refractivity contribution in [3.63, 3.8) is 0 Å². The maximum Gasteiger partial charge on any atom is 0.241 e. The van der Waals surface area contributed by atoms with Crippen LogP contribution in [0.5, 0.6) is 0 Å². The van der Waals surface area contributed by atoms with E-state index < -0.39 is 0 Å². The molecule has 0 radical (unpaired) electrons. The van der Waals surface area contributed by atoms with Crippen molar-refractivity contribution in [1.82, 2.24) is 29.5 Å². The Balaban J connectivity index is 1.42. The van der Waals surface area contributed by atoms with Crippen LogP contribution in [-0.4, -0.2) is 74.7 Å². The van der Waals surface area contributed by atoms with E-state index in [9.17, 15) is 9.18 Å². The Bertz CT molecular complexity index is 815. The van der Waals surface area contributed by atoms with E-state index in [-0.39, 0.29) is 17.8 Å². The summed E-state index contributed by atoms with van der Waals surface area (Å²) in [6.07, 6.45) is 1.59. The summed E-state index contributed by atoms with van der Waals surface area (Å²) < 4.78 is 15.9. The van der Waals surface area contributed by atoms with Crippen LogP contribution in [0.3, 0.4) is 0 Å². The van der Waals surface area contributed by atoms with Gasteiger partial charge in [-0.25, -0.2) is 9.37 Å². The van der Waals surface area contributed by atoms with Crippen molar-refractivity contribution in [2.45, 2.75) is 26.1 Å². The number of pyridine rings is 1. The quantitative estimate of drug-likeness (QED) is 0.767. The Labute approximate surface area is 151 Å². The number of nitrogens with zero attached hydrogens (tertiary/aromatic N) is 7. The molecule has 4 heterocycles. The van der Waals surface area contributed by atoms with Gasteiger partial charge in [0.25, 0.3) is 0 Å². The zero-order valence-corrected chi connectivity index (χ0v) is 15.0. The molecule has 9 heteroatoms. The Hall–Kier alpha value is -2.55. The molecule has 4 rings (SSSR count). The molecule has 0 aromatic carbocycles. The van der Waals surface area contributed by atoms with Crippen molar-refractivity contribution in [1.29, 1.82) is 0 Å². The number of carbonyl (C=O) groups excluding carboxylic acids is 1. The third-order valence-corrected chi connectivity index (χ3v) is 5.21. The highest BCUT2D eigenvalue weighted by atomic mass is 19.1. The highest BCUT2D eigenvalue weighted by molar-refractivity contribution is 5.82. The lowest BCUT2D eigenvalue weighted by atomic mass is 10.1. The van der Waals surface area contributed by atoms with Crippen LogP contribution in [-0.2, 0) is 17.9 Å².